The SMILES string of the molecule is COc1ccc(/C=C/C(=O)c2cc(-c3ccc(OC)c(OC)c3)n3nc(-c4ccccc4)cc3n2)cc1. The van der Waals surface area contributed by atoms with Gasteiger partial charge in [-0.25, -0.2) is 9.50 Å². The average Bonchev–Trinajstić information content (AvgIpc) is 3.40. The first-order chi connectivity index (χ1) is 18.1. The van der Waals surface area contributed by atoms with Crippen LogP contribution in [0.3, 0.4) is 0 Å². The van der Waals surface area contributed by atoms with E-state index in [-0.39, 0.29) is 5.78 Å². The second-order valence-corrected chi connectivity index (χ2v) is 8.23. The molecule has 0 bridgehead atoms. The van der Waals surface area contributed by atoms with Crippen molar-refractivity contribution in [2.45, 2.75) is 0 Å². The van der Waals surface area contributed by atoms with Crippen molar-refractivity contribution in [3.63, 3.8) is 0 Å². The van der Waals surface area contributed by atoms with Crippen LogP contribution in [-0.2, 0) is 0 Å². The highest BCUT2D eigenvalue weighted by atomic mass is 16.5. The number of ether oxygens (including phenoxy) is 3. The molecule has 0 atom stereocenters. The number of carbonyl (C=O) groups excluding carboxylic acids is 1. The molecule has 0 saturated carbocycles. The summed E-state index contributed by atoms with van der Waals surface area (Å²) in [5.41, 5.74) is 4.97. The van der Waals surface area contributed by atoms with E-state index in [0.717, 1.165) is 28.1 Å². The largest absolute Gasteiger partial charge is 0.497 e. The van der Waals surface area contributed by atoms with Gasteiger partial charge in [0.05, 0.1) is 32.7 Å². The second-order valence-electron chi connectivity index (χ2n) is 8.23. The summed E-state index contributed by atoms with van der Waals surface area (Å²) in [5, 5.41) is 4.81. The molecule has 0 aliphatic carbocycles. The lowest BCUT2D eigenvalue weighted by molar-refractivity contribution is 0.104. The van der Waals surface area contributed by atoms with Gasteiger partial charge in [0.15, 0.2) is 17.1 Å². The monoisotopic (exact) mass is 491 g/mol. The summed E-state index contributed by atoms with van der Waals surface area (Å²) in [7, 11) is 4.80. The van der Waals surface area contributed by atoms with Gasteiger partial charge in [-0.3, -0.25) is 4.79 Å². The number of hydrogen-bond donors (Lipinski definition) is 0. The molecule has 5 aromatic rings. The first kappa shape index (κ1) is 23.8. The molecular formula is C30H25N3O4. The predicted octanol–water partition coefficient (Wildman–Crippen LogP) is 5.99. The minimum atomic E-state index is -0.220. The number of carbonyl (C=O) groups is 1. The van der Waals surface area contributed by atoms with E-state index in [1.54, 1.807) is 38.0 Å². The summed E-state index contributed by atoms with van der Waals surface area (Å²) >= 11 is 0. The van der Waals surface area contributed by atoms with E-state index < -0.39 is 0 Å². The Labute approximate surface area is 214 Å². The highest BCUT2D eigenvalue weighted by molar-refractivity contribution is 6.06. The van der Waals surface area contributed by atoms with Crippen molar-refractivity contribution in [2.75, 3.05) is 21.3 Å². The average molecular weight is 492 g/mol. The number of rotatable bonds is 8. The van der Waals surface area contributed by atoms with Gasteiger partial charge in [-0.2, -0.15) is 5.10 Å². The van der Waals surface area contributed by atoms with Crippen LogP contribution in [0.5, 0.6) is 17.2 Å². The number of methoxy groups -OCH3 is 3. The lowest BCUT2D eigenvalue weighted by Crippen LogP contribution is -2.05. The van der Waals surface area contributed by atoms with Crippen molar-refractivity contribution >= 4 is 17.5 Å². The van der Waals surface area contributed by atoms with Gasteiger partial charge in [0.1, 0.15) is 11.4 Å². The molecule has 2 heterocycles. The fourth-order valence-corrected chi connectivity index (χ4v) is 4.02. The van der Waals surface area contributed by atoms with E-state index in [0.29, 0.717) is 28.5 Å². The first-order valence-corrected chi connectivity index (χ1v) is 11.6. The van der Waals surface area contributed by atoms with E-state index in [1.165, 1.54) is 6.08 Å². The number of ketones is 1. The number of benzene rings is 3. The fourth-order valence-electron chi connectivity index (χ4n) is 4.02. The number of allylic oxidation sites excluding steroid dienone is 1. The van der Waals surface area contributed by atoms with Crippen LogP contribution in [0.25, 0.3) is 34.2 Å². The zero-order valence-electron chi connectivity index (χ0n) is 20.7. The van der Waals surface area contributed by atoms with Gasteiger partial charge in [-0.05, 0) is 48.0 Å². The third-order valence-corrected chi connectivity index (χ3v) is 5.97. The van der Waals surface area contributed by atoms with Crippen LogP contribution >= 0.6 is 0 Å². The molecule has 0 saturated heterocycles. The van der Waals surface area contributed by atoms with Crippen molar-refractivity contribution in [1.29, 1.82) is 0 Å². The zero-order chi connectivity index (χ0) is 25.8. The Kier molecular flexibility index (Phi) is 6.68. The quantitative estimate of drug-likeness (QED) is 0.196. The van der Waals surface area contributed by atoms with Crippen molar-refractivity contribution in [3.05, 3.63) is 102 Å². The van der Waals surface area contributed by atoms with Crippen LogP contribution in [0.4, 0.5) is 0 Å². The summed E-state index contributed by atoms with van der Waals surface area (Å²) in [6.45, 7) is 0. The molecule has 7 heteroatoms. The number of aromatic nitrogens is 3. The highest BCUT2D eigenvalue weighted by Gasteiger charge is 2.17. The van der Waals surface area contributed by atoms with Crippen LogP contribution in [0.1, 0.15) is 16.1 Å². The Hall–Kier alpha value is -4.91. The Morgan fingerprint density at radius 2 is 1.54 bits per heavy atom. The van der Waals surface area contributed by atoms with Crippen LogP contribution in [-0.4, -0.2) is 41.7 Å². The van der Waals surface area contributed by atoms with E-state index in [1.807, 2.05) is 78.9 Å². The van der Waals surface area contributed by atoms with E-state index in [9.17, 15) is 4.79 Å². The van der Waals surface area contributed by atoms with Crippen LogP contribution < -0.4 is 14.2 Å². The minimum Gasteiger partial charge on any atom is -0.497 e. The maximum absolute atomic E-state index is 13.2. The summed E-state index contributed by atoms with van der Waals surface area (Å²) in [4.78, 5) is 17.9. The summed E-state index contributed by atoms with van der Waals surface area (Å²) < 4.78 is 17.8. The van der Waals surface area contributed by atoms with Crippen molar-refractivity contribution in [2.24, 2.45) is 0 Å². The molecule has 3 aromatic carbocycles. The second kappa shape index (κ2) is 10.4. The predicted molar refractivity (Wildman–Crippen MR) is 143 cm³/mol. The third-order valence-electron chi connectivity index (χ3n) is 5.97. The number of nitrogens with zero attached hydrogens (tertiary/aromatic N) is 3. The lowest BCUT2D eigenvalue weighted by atomic mass is 10.1. The molecule has 7 nitrogen and oxygen atoms in total. The maximum atomic E-state index is 13.2. The van der Waals surface area contributed by atoms with E-state index in [2.05, 4.69) is 4.98 Å². The van der Waals surface area contributed by atoms with Gasteiger partial charge in [0.2, 0.25) is 5.78 Å². The van der Waals surface area contributed by atoms with Crippen LogP contribution in [0.2, 0.25) is 0 Å². The molecule has 0 fully saturated rings. The fraction of sp³-hybridized carbons (Fsp3) is 0.100. The molecule has 0 aliphatic rings. The number of fused-ring (bicyclic) bond motifs is 1. The van der Waals surface area contributed by atoms with Gasteiger partial charge in [-0.1, -0.05) is 48.5 Å². The van der Waals surface area contributed by atoms with Gasteiger partial charge in [-0.15, -0.1) is 0 Å². The summed E-state index contributed by atoms with van der Waals surface area (Å²) in [5.74, 6) is 1.72. The molecule has 5 rings (SSSR count). The molecule has 0 radical (unpaired) electrons. The Morgan fingerprint density at radius 1 is 0.784 bits per heavy atom. The highest BCUT2D eigenvalue weighted by Crippen LogP contribution is 2.33. The van der Waals surface area contributed by atoms with Crippen molar-refractivity contribution in [3.8, 4) is 39.8 Å². The summed E-state index contributed by atoms with van der Waals surface area (Å²) in [6, 6.07) is 26.5. The molecule has 37 heavy (non-hydrogen) atoms. The van der Waals surface area contributed by atoms with Crippen LogP contribution in [0.15, 0.2) is 91.0 Å². The Morgan fingerprint density at radius 3 is 2.24 bits per heavy atom. The minimum absolute atomic E-state index is 0.220. The molecular weight excluding hydrogens is 466 g/mol. The molecule has 0 spiro atoms. The standard InChI is InChI=1S/C30H25N3O4/c1-35-23-13-9-20(10-14-23)11-15-27(34)25-18-26(22-12-16-28(36-2)29(17-22)37-3)33-30(31-25)19-24(32-33)21-7-5-4-6-8-21/h4-19H,1-3H3/b15-11+. The van der Waals surface area contributed by atoms with Gasteiger partial charge in [0.25, 0.3) is 0 Å². The molecule has 2 aromatic heterocycles. The normalized spacial score (nSPS) is 11.1. The van der Waals surface area contributed by atoms with Gasteiger partial charge < -0.3 is 14.2 Å². The molecule has 184 valence electrons. The summed E-state index contributed by atoms with van der Waals surface area (Å²) in [6.07, 6.45) is 3.28. The topological polar surface area (TPSA) is 75.0 Å². The molecule has 0 N–H and O–H groups in total. The number of hydrogen-bond acceptors (Lipinski definition) is 6. The first-order valence-electron chi connectivity index (χ1n) is 11.6. The molecule has 0 amide bonds. The molecule has 0 unspecified atom stereocenters. The van der Waals surface area contributed by atoms with E-state index in [4.69, 9.17) is 19.3 Å². The Bertz CT molecular complexity index is 1590. The van der Waals surface area contributed by atoms with Crippen LogP contribution in [0, 0.1) is 0 Å². The van der Waals surface area contributed by atoms with E-state index >= 15 is 0 Å². The van der Waals surface area contributed by atoms with Crippen molar-refractivity contribution in [1.82, 2.24) is 14.6 Å². The van der Waals surface area contributed by atoms with Crippen molar-refractivity contribution < 1.29 is 19.0 Å². The smallest absolute Gasteiger partial charge is 0.204 e. The lowest BCUT2D eigenvalue weighted by Gasteiger charge is -2.11. The third kappa shape index (κ3) is 4.92. The molecule has 0 aliphatic heterocycles. The Balaban J connectivity index is 1.61. The van der Waals surface area contributed by atoms with Gasteiger partial charge in [0, 0.05) is 17.2 Å². The maximum Gasteiger partial charge on any atom is 0.204 e. The zero-order valence-corrected chi connectivity index (χ0v) is 20.7. The van der Waals surface area contributed by atoms with Gasteiger partial charge >= 0.3 is 0 Å².